The van der Waals surface area contributed by atoms with Gasteiger partial charge in [0.15, 0.2) is 0 Å². The summed E-state index contributed by atoms with van der Waals surface area (Å²) in [7, 11) is -3.64. The molecule has 29 heavy (non-hydrogen) atoms. The van der Waals surface area contributed by atoms with Crippen LogP contribution < -0.4 is 4.74 Å². The van der Waals surface area contributed by atoms with Gasteiger partial charge in [0.25, 0.3) is 10.0 Å². The lowest BCUT2D eigenvalue weighted by molar-refractivity contribution is 0.205. The van der Waals surface area contributed by atoms with Gasteiger partial charge < -0.3 is 9.64 Å². The summed E-state index contributed by atoms with van der Waals surface area (Å²) in [5.41, 5.74) is 0.647. The largest absolute Gasteiger partial charge is 0.494 e. The molecule has 1 aromatic heterocycles. The normalized spacial score (nSPS) is 15.6. The van der Waals surface area contributed by atoms with E-state index in [0.717, 1.165) is 28.6 Å². The highest BCUT2D eigenvalue weighted by molar-refractivity contribution is 9.10. The summed E-state index contributed by atoms with van der Waals surface area (Å²) >= 11 is 3.34. The third-order valence-corrected chi connectivity index (χ3v) is 7.57. The highest BCUT2D eigenvalue weighted by atomic mass is 79.9. The monoisotopic (exact) mass is 476 g/mol. The highest BCUT2D eigenvalue weighted by Gasteiger charge is 2.19. The zero-order valence-electron chi connectivity index (χ0n) is 16.3. The van der Waals surface area contributed by atoms with Crippen molar-refractivity contribution in [3.63, 3.8) is 0 Å². The fourth-order valence-corrected chi connectivity index (χ4v) is 5.39. The SMILES string of the molecule is O=S(=O)(c1ccc(Br)cc1)n1ccc2cc(OCCCN3CCCCC3)ccc21. The molecule has 0 bridgehead atoms. The van der Waals surface area contributed by atoms with Crippen LogP contribution >= 0.6 is 15.9 Å². The molecule has 7 heteroatoms. The second kappa shape index (κ2) is 8.90. The Kier molecular flexibility index (Phi) is 6.27. The average Bonchev–Trinajstić information content (AvgIpc) is 3.16. The van der Waals surface area contributed by atoms with Gasteiger partial charge in [-0.25, -0.2) is 12.4 Å². The molecule has 154 valence electrons. The van der Waals surface area contributed by atoms with Crippen LogP contribution in [0.5, 0.6) is 5.75 Å². The lowest BCUT2D eigenvalue weighted by atomic mass is 10.1. The van der Waals surface area contributed by atoms with Crippen LogP contribution in [-0.4, -0.2) is 43.5 Å². The van der Waals surface area contributed by atoms with Crippen LogP contribution in [0, 0.1) is 0 Å². The van der Waals surface area contributed by atoms with E-state index in [1.807, 2.05) is 24.3 Å². The molecule has 3 aromatic rings. The van der Waals surface area contributed by atoms with Crippen molar-refractivity contribution >= 4 is 36.9 Å². The molecule has 1 saturated heterocycles. The lowest BCUT2D eigenvalue weighted by Gasteiger charge is -2.26. The molecule has 1 aliphatic heterocycles. The van der Waals surface area contributed by atoms with E-state index in [1.165, 1.54) is 36.3 Å². The Hall–Kier alpha value is -1.83. The van der Waals surface area contributed by atoms with Gasteiger partial charge in [-0.2, -0.15) is 0 Å². The average molecular weight is 477 g/mol. The number of likely N-dealkylation sites (tertiary alicyclic amines) is 1. The van der Waals surface area contributed by atoms with Crippen molar-refractivity contribution in [1.82, 2.24) is 8.87 Å². The van der Waals surface area contributed by atoms with Crippen molar-refractivity contribution in [2.45, 2.75) is 30.6 Å². The first-order valence-corrected chi connectivity index (χ1v) is 12.2. The van der Waals surface area contributed by atoms with Crippen molar-refractivity contribution in [2.24, 2.45) is 0 Å². The lowest BCUT2D eigenvalue weighted by Crippen LogP contribution is -2.31. The standard InChI is InChI=1S/C22H25BrN2O3S/c23-19-5-8-21(9-6-19)29(26,27)25-15-11-18-17-20(7-10-22(18)25)28-16-4-14-24-12-2-1-3-13-24/h5-11,15,17H,1-4,12-14,16H2. The minimum atomic E-state index is -3.64. The molecule has 0 amide bonds. The molecule has 0 N–H and O–H groups in total. The minimum Gasteiger partial charge on any atom is -0.494 e. The van der Waals surface area contributed by atoms with E-state index in [1.54, 1.807) is 30.5 Å². The van der Waals surface area contributed by atoms with Crippen LogP contribution in [0.25, 0.3) is 10.9 Å². The van der Waals surface area contributed by atoms with E-state index in [2.05, 4.69) is 20.8 Å². The number of nitrogens with zero attached hydrogens (tertiary/aromatic N) is 2. The number of hydrogen-bond donors (Lipinski definition) is 0. The Labute approximate surface area is 180 Å². The molecule has 0 saturated carbocycles. The van der Waals surface area contributed by atoms with Crippen molar-refractivity contribution < 1.29 is 13.2 Å². The number of halogens is 1. The van der Waals surface area contributed by atoms with Crippen LogP contribution in [0.4, 0.5) is 0 Å². The molecule has 4 rings (SSSR count). The number of hydrogen-bond acceptors (Lipinski definition) is 4. The molecule has 2 aromatic carbocycles. The summed E-state index contributed by atoms with van der Waals surface area (Å²) in [6, 6.07) is 14.0. The first-order chi connectivity index (χ1) is 14.0. The van der Waals surface area contributed by atoms with E-state index < -0.39 is 10.0 Å². The van der Waals surface area contributed by atoms with Gasteiger partial charge in [-0.05, 0) is 80.9 Å². The number of aromatic nitrogens is 1. The van der Waals surface area contributed by atoms with Crippen molar-refractivity contribution in [3.05, 3.63) is 59.2 Å². The molecule has 1 aliphatic rings. The fourth-order valence-electron chi connectivity index (χ4n) is 3.78. The van der Waals surface area contributed by atoms with Crippen LogP contribution in [0.1, 0.15) is 25.7 Å². The van der Waals surface area contributed by atoms with Gasteiger partial charge in [0.1, 0.15) is 5.75 Å². The maximum atomic E-state index is 13.0. The van der Waals surface area contributed by atoms with Gasteiger partial charge in [0.05, 0.1) is 17.0 Å². The molecule has 1 fully saturated rings. The quantitative estimate of drug-likeness (QED) is 0.455. The fraction of sp³-hybridized carbons (Fsp3) is 0.364. The molecule has 0 unspecified atom stereocenters. The van der Waals surface area contributed by atoms with Gasteiger partial charge in [-0.15, -0.1) is 0 Å². The summed E-state index contributed by atoms with van der Waals surface area (Å²) in [5, 5.41) is 0.846. The first kappa shape index (κ1) is 20.4. The summed E-state index contributed by atoms with van der Waals surface area (Å²) < 4.78 is 34.0. The maximum Gasteiger partial charge on any atom is 0.268 e. The van der Waals surface area contributed by atoms with E-state index >= 15 is 0 Å². The van der Waals surface area contributed by atoms with E-state index in [9.17, 15) is 8.42 Å². The number of fused-ring (bicyclic) bond motifs is 1. The van der Waals surface area contributed by atoms with Gasteiger partial charge in [0.2, 0.25) is 0 Å². The molecular weight excluding hydrogens is 452 g/mol. The zero-order chi connectivity index (χ0) is 20.3. The van der Waals surface area contributed by atoms with Gasteiger partial charge in [0, 0.05) is 22.6 Å². The van der Waals surface area contributed by atoms with E-state index in [-0.39, 0.29) is 4.90 Å². The van der Waals surface area contributed by atoms with Crippen molar-refractivity contribution in [3.8, 4) is 5.75 Å². The van der Waals surface area contributed by atoms with Crippen LogP contribution in [0.15, 0.2) is 64.1 Å². The Morgan fingerprint density at radius 3 is 2.48 bits per heavy atom. The highest BCUT2D eigenvalue weighted by Crippen LogP contribution is 2.26. The first-order valence-electron chi connectivity index (χ1n) is 10.0. The Morgan fingerprint density at radius 2 is 1.72 bits per heavy atom. The van der Waals surface area contributed by atoms with Crippen LogP contribution in [0.2, 0.25) is 0 Å². The Morgan fingerprint density at radius 1 is 0.966 bits per heavy atom. The smallest absolute Gasteiger partial charge is 0.268 e. The van der Waals surface area contributed by atoms with Crippen LogP contribution in [-0.2, 0) is 10.0 Å². The molecular formula is C22H25BrN2O3S. The van der Waals surface area contributed by atoms with Crippen molar-refractivity contribution in [2.75, 3.05) is 26.2 Å². The van der Waals surface area contributed by atoms with E-state index in [4.69, 9.17) is 4.74 Å². The summed E-state index contributed by atoms with van der Waals surface area (Å²) in [6.45, 7) is 4.14. The van der Waals surface area contributed by atoms with Gasteiger partial charge >= 0.3 is 0 Å². The molecule has 0 spiro atoms. The van der Waals surface area contributed by atoms with Gasteiger partial charge in [-0.1, -0.05) is 22.4 Å². The molecule has 0 atom stereocenters. The third kappa shape index (κ3) is 4.68. The molecule has 2 heterocycles. The second-order valence-corrected chi connectivity index (χ2v) is 10.1. The number of benzene rings is 2. The Balaban J connectivity index is 1.44. The Bertz CT molecular complexity index is 1070. The molecule has 0 aliphatic carbocycles. The predicted octanol–water partition coefficient (Wildman–Crippen LogP) is 4.90. The summed E-state index contributed by atoms with van der Waals surface area (Å²) in [4.78, 5) is 2.76. The van der Waals surface area contributed by atoms with E-state index in [0.29, 0.717) is 12.1 Å². The number of ether oxygens (including phenoxy) is 1. The minimum absolute atomic E-state index is 0.260. The third-order valence-electron chi connectivity index (χ3n) is 5.33. The zero-order valence-corrected chi connectivity index (χ0v) is 18.7. The maximum absolute atomic E-state index is 13.0. The molecule has 0 radical (unpaired) electrons. The second-order valence-electron chi connectivity index (χ2n) is 7.40. The number of rotatable bonds is 7. The number of piperidine rings is 1. The van der Waals surface area contributed by atoms with Gasteiger partial charge in [-0.3, -0.25) is 0 Å². The van der Waals surface area contributed by atoms with Crippen LogP contribution in [0.3, 0.4) is 0 Å². The van der Waals surface area contributed by atoms with Crippen molar-refractivity contribution in [1.29, 1.82) is 0 Å². The molecule has 5 nitrogen and oxygen atoms in total. The predicted molar refractivity (Wildman–Crippen MR) is 119 cm³/mol. The summed E-state index contributed by atoms with van der Waals surface area (Å²) in [5.74, 6) is 0.773. The topological polar surface area (TPSA) is 51.5 Å². The summed E-state index contributed by atoms with van der Waals surface area (Å²) in [6.07, 6.45) is 6.55.